The summed E-state index contributed by atoms with van der Waals surface area (Å²) in [7, 11) is 1.59. The highest BCUT2D eigenvalue weighted by molar-refractivity contribution is 6.42. The molecule has 124 valence electrons. The minimum absolute atomic E-state index is 0.0520. The van der Waals surface area contributed by atoms with Gasteiger partial charge in [-0.1, -0.05) is 34.4 Å². The smallest absolute Gasteiger partial charge is 0.252 e. The van der Waals surface area contributed by atoms with E-state index in [1.54, 1.807) is 13.2 Å². The molecule has 0 saturated carbocycles. The highest BCUT2D eigenvalue weighted by atomic mass is 35.5. The lowest BCUT2D eigenvalue weighted by molar-refractivity contribution is -0.0338. The van der Waals surface area contributed by atoms with E-state index >= 15 is 0 Å². The van der Waals surface area contributed by atoms with Crippen molar-refractivity contribution in [2.75, 3.05) is 26.8 Å². The van der Waals surface area contributed by atoms with Gasteiger partial charge in [0.15, 0.2) is 5.82 Å². The Morgan fingerprint density at radius 2 is 2.22 bits per heavy atom. The molecule has 23 heavy (non-hydrogen) atoms. The van der Waals surface area contributed by atoms with E-state index < -0.39 is 0 Å². The van der Waals surface area contributed by atoms with E-state index in [0.29, 0.717) is 41.5 Å². The molecule has 2 heterocycles. The quantitative estimate of drug-likeness (QED) is 0.819. The summed E-state index contributed by atoms with van der Waals surface area (Å²) >= 11 is 12.0. The van der Waals surface area contributed by atoms with Crippen molar-refractivity contribution >= 4 is 23.2 Å². The number of ether oxygens (including phenoxy) is 2. The maximum Gasteiger partial charge on any atom is 0.252 e. The molecule has 1 aromatic heterocycles. The fraction of sp³-hybridized carbons (Fsp3) is 0.467. The van der Waals surface area contributed by atoms with Crippen LogP contribution in [0.1, 0.15) is 23.4 Å². The van der Waals surface area contributed by atoms with E-state index in [4.69, 9.17) is 37.2 Å². The largest absolute Gasteiger partial charge is 0.375 e. The standard InChI is InChI=1S/C15H17Cl2N3O3/c1-21-9-15-18-14(19-23-15)8-20-4-5-22-13(7-20)10-2-3-11(16)12(17)6-10/h2-3,6,13H,4-5,7-9H2,1H3/t13-/m0/s1. The SMILES string of the molecule is COCc1nc(CN2CCO[C@H](c3ccc(Cl)c(Cl)c3)C2)no1. The molecule has 0 amide bonds. The first-order valence-electron chi connectivity index (χ1n) is 7.25. The Hall–Kier alpha value is -1.18. The summed E-state index contributed by atoms with van der Waals surface area (Å²) in [6, 6.07) is 5.58. The zero-order valence-electron chi connectivity index (χ0n) is 12.7. The van der Waals surface area contributed by atoms with E-state index in [-0.39, 0.29) is 6.10 Å². The molecule has 0 aliphatic carbocycles. The van der Waals surface area contributed by atoms with E-state index in [0.717, 1.165) is 18.7 Å². The molecule has 1 fully saturated rings. The van der Waals surface area contributed by atoms with Gasteiger partial charge in [-0.3, -0.25) is 4.90 Å². The molecule has 0 bridgehead atoms. The molecule has 6 nitrogen and oxygen atoms in total. The number of hydrogen-bond donors (Lipinski definition) is 0. The third-order valence-corrected chi connectivity index (χ3v) is 4.35. The zero-order valence-corrected chi connectivity index (χ0v) is 14.2. The first-order chi connectivity index (χ1) is 11.2. The van der Waals surface area contributed by atoms with E-state index in [2.05, 4.69) is 15.0 Å². The Morgan fingerprint density at radius 3 is 3.00 bits per heavy atom. The Balaban J connectivity index is 1.64. The molecular formula is C15H17Cl2N3O3. The van der Waals surface area contributed by atoms with Crippen molar-refractivity contribution in [2.45, 2.75) is 19.3 Å². The second-order valence-corrected chi connectivity index (χ2v) is 6.12. The van der Waals surface area contributed by atoms with Gasteiger partial charge in [0.25, 0.3) is 5.89 Å². The fourth-order valence-corrected chi connectivity index (χ4v) is 2.80. The van der Waals surface area contributed by atoms with E-state index in [9.17, 15) is 0 Å². The lowest BCUT2D eigenvalue weighted by Gasteiger charge is -2.32. The van der Waals surface area contributed by atoms with Crippen molar-refractivity contribution < 1.29 is 14.0 Å². The van der Waals surface area contributed by atoms with Crippen molar-refractivity contribution in [1.82, 2.24) is 15.0 Å². The molecule has 1 aliphatic heterocycles. The molecule has 8 heteroatoms. The summed E-state index contributed by atoms with van der Waals surface area (Å²) < 4.78 is 15.9. The first-order valence-corrected chi connectivity index (χ1v) is 8.00. The molecular weight excluding hydrogens is 341 g/mol. The van der Waals surface area contributed by atoms with Crippen molar-refractivity contribution in [1.29, 1.82) is 0 Å². The Labute approximate surface area is 144 Å². The zero-order chi connectivity index (χ0) is 16.2. The molecule has 0 unspecified atom stereocenters. The molecule has 0 N–H and O–H groups in total. The van der Waals surface area contributed by atoms with Crippen molar-refractivity contribution in [2.24, 2.45) is 0 Å². The highest BCUT2D eigenvalue weighted by Crippen LogP contribution is 2.29. The van der Waals surface area contributed by atoms with E-state index in [1.165, 1.54) is 0 Å². The first kappa shape index (κ1) is 16.7. The molecule has 2 aromatic rings. The van der Waals surface area contributed by atoms with Gasteiger partial charge in [-0.05, 0) is 17.7 Å². The van der Waals surface area contributed by atoms with Crippen LogP contribution in [0.3, 0.4) is 0 Å². The minimum Gasteiger partial charge on any atom is -0.375 e. The van der Waals surface area contributed by atoms with Crippen LogP contribution in [0, 0.1) is 0 Å². The fourth-order valence-electron chi connectivity index (χ4n) is 2.50. The van der Waals surface area contributed by atoms with Gasteiger partial charge in [-0.15, -0.1) is 0 Å². The minimum atomic E-state index is -0.0520. The van der Waals surface area contributed by atoms with Crippen LogP contribution in [0.4, 0.5) is 0 Å². The molecule has 1 atom stereocenters. The number of benzene rings is 1. The molecule has 0 radical (unpaired) electrons. The van der Waals surface area contributed by atoms with Crippen molar-refractivity contribution in [3.05, 3.63) is 45.5 Å². The predicted octanol–water partition coefficient (Wildman–Crippen LogP) is 3.10. The number of aromatic nitrogens is 2. The normalized spacial score (nSPS) is 19.2. The average Bonchev–Trinajstić information content (AvgIpc) is 2.98. The summed E-state index contributed by atoms with van der Waals surface area (Å²) in [4.78, 5) is 6.51. The summed E-state index contributed by atoms with van der Waals surface area (Å²) in [5.41, 5.74) is 1.01. The van der Waals surface area contributed by atoms with Gasteiger partial charge in [-0.2, -0.15) is 4.98 Å². The van der Waals surface area contributed by atoms with Crippen LogP contribution >= 0.6 is 23.2 Å². The topological polar surface area (TPSA) is 60.6 Å². The van der Waals surface area contributed by atoms with Crippen LogP contribution in [-0.4, -0.2) is 41.8 Å². The van der Waals surface area contributed by atoms with Crippen LogP contribution in [-0.2, 0) is 22.6 Å². The number of halogens is 2. The number of rotatable bonds is 5. The number of methoxy groups -OCH3 is 1. The summed E-state index contributed by atoms with van der Waals surface area (Å²) in [5, 5.41) is 5.04. The summed E-state index contributed by atoms with van der Waals surface area (Å²) in [6.07, 6.45) is -0.0520. The van der Waals surface area contributed by atoms with Crippen molar-refractivity contribution in [3.63, 3.8) is 0 Å². The lowest BCUT2D eigenvalue weighted by atomic mass is 10.1. The van der Waals surface area contributed by atoms with Crippen LogP contribution in [0.5, 0.6) is 0 Å². The molecule has 1 aliphatic rings. The maximum atomic E-state index is 6.09. The second-order valence-electron chi connectivity index (χ2n) is 5.31. The molecule has 3 rings (SSSR count). The van der Waals surface area contributed by atoms with Gasteiger partial charge in [0.2, 0.25) is 0 Å². The predicted molar refractivity (Wildman–Crippen MR) is 85.4 cm³/mol. The molecule has 0 spiro atoms. The Morgan fingerprint density at radius 1 is 1.35 bits per heavy atom. The van der Waals surface area contributed by atoms with Gasteiger partial charge in [0.1, 0.15) is 6.61 Å². The van der Waals surface area contributed by atoms with Gasteiger partial charge < -0.3 is 14.0 Å². The van der Waals surface area contributed by atoms with Crippen LogP contribution in [0.15, 0.2) is 22.7 Å². The lowest BCUT2D eigenvalue weighted by Crippen LogP contribution is -2.38. The van der Waals surface area contributed by atoms with Crippen LogP contribution < -0.4 is 0 Å². The Kier molecular flexibility index (Phi) is 5.50. The summed E-state index contributed by atoms with van der Waals surface area (Å²) in [6.45, 7) is 3.10. The van der Waals surface area contributed by atoms with E-state index in [1.807, 2.05) is 12.1 Å². The third kappa shape index (κ3) is 4.22. The van der Waals surface area contributed by atoms with Crippen molar-refractivity contribution in [3.8, 4) is 0 Å². The summed E-state index contributed by atoms with van der Waals surface area (Å²) in [5.74, 6) is 1.13. The third-order valence-electron chi connectivity index (χ3n) is 3.61. The Bertz CT molecular complexity index is 665. The van der Waals surface area contributed by atoms with Gasteiger partial charge in [-0.25, -0.2) is 0 Å². The molecule has 1 saturated heterocycles. The van der Waals surface area contributed by atoms with Gasteiger partial charge >= 0.3 is 0 Å². The average molecular weight is 358 g/mol. The monoisotopic (exact) mass is 357 g/mol. The van der Waals surface area contributed by atoms with Gasteiger partial charge in [0, 0.05) is 20.2 Å². The van der Waals surface area contributed by atoms with Crippen LogP contribution in [0.2, 0.25) is 10.0 Å². The number of hydrogen-bond acceptors (Lipinski definition) is 6. The number of nitrogens with zero attached hydrogens (tertiary/aromatic N) is 3. The number of morpholine rings is 1. The highest BCUT2D eigenvalue weighted by Gasteiger charge is 2.23. The maximum absolute atomic E-state index is 6.09. The van der Waals surface area contributed by atoms with Gasteiger partial charge in [0.05, 0.1) is 29.3 Å². The second kappa shape index (κ2) is 7.59. The van der Waals surface area contributed by atoms with Crippen LogP contribution in [0.25, 0.3) is 0 Å². The molecule has 1 aromatic carbocycles.